The highest BCUT2D eigenvalue weighted by molar-refractivity contribution is 5.61. The molecule has 2 N–H and O–H groups in total. The summed E-state index contributed by atoms with van der Waals surface area (Å²) in [6, 6.07) is 3.89. The zero-order valence-electron chi connectivity index (χ0n) is 10.8. The molecule has 0 bridgehead atoms. The number of hydrogen-bond donors (Lipinski definition) is 2. The molecule has 2 heterocycles. The third kappa shape index (κ3) is 3.49. The number of hydrogen-bond acceptors (Lipinski definition) is 4. The minimum atomic E-state index is 0.133. The number of aliphatic hydroxyl groups excluding tert-OH is 1. The van der Waals surface area contributed by atoms with Crippen LogP contribution >= 0.6 is 0 Å². The van der Waals surface area contributed by atoms with Crippen molar-refractivity contribution >= 4 is 0 Å². The molecular formula is C14H18N4O. The van der Waals surface area contributed by atoms with Crippen LogP contribution in [0.1, 0.15) is 5.56 Å². The van der Waals surface area contributed by atoms with Crippen LogP contribution in [0.4, 0.5) is 0 Å². The molecule has 2 aromatic heterocycles. The van der Waals surface area contributed by atoms with E-state index in [1.165, 1.54) is 0 Å². The highest BCUT2D eigenvalue weighted by Crippen LogP contribution is 2.21. The lowest BCUT2D eigenvalue weighted by Gasteiger charge is -2.19. The van der Waals surface area contributed by atoms with Gasteiger partial charge in [-0.1, -0.05) is 6.08 Å². The minimum absolute atomic E-state index is 0.133. The largest absolute Gasteiger partial charge is 0.395 e. The summed E-state index contributed by atoms with van der Waals surface area (Å²) in [5.41, 5.74) is 3.07. The van der Waals surface area contributed by atoms with Crippen molar-refractivity contribution in [2.24, 2.45) is 0 Å². The summed E-state index contributed by atoms with van der Waals surface area (Å²) in [5.74, 6) is 0. The van der Waals surface area contributed by atoms with Gasteiger partial charge in [0.25, 0.3) is 0 Å². The molecule has 0 atom stereocenters. The molecule has 0 unspecified atom stereocenters. The van der Waals surface area contributed by atoms with Gasteiger partial charge in [-0.3, -0.25) is 15.0 Å². The van der Waals surface area contributed by atoms with Crippen LogP contribution in [0.15, 0.2) is 43.4 Å². The lowest BCUT2D eigenvalue weighted by atomic mass is 10.1. The van der Waals surface area contributed by atoms with Crippen molar-refractivity contribution in [2.45, 2.75) is 6.54 Å². The predicted octanol–water partition coefficient (Wildman–Crippen LogP) is 1.45. The number of nitrogens with zero attached hydrogens (tertiary/aromatic N) is 3. The number of nitrogens with one attached hydrogen (secondary N) is 1. The van der Waals surface area contributed by atoms with Crippen LogP contribution in [0, 0.1) is 0 Å². The van der Waals surface area contributed by atoms with Gasteiger partial charge < -0.3 is 5.11 Å². The second kappa shape index (κ2) is 6.82. The summed E-state index contributed by atoms with van der Waals surface area (Å²) < 4.78 is 0. The molecule has 19 heavy (non-hydrogen) atoms. The monoisotopic (exact) mass is 258 g/mol. The maximum atomic E-state index is 9.07. The van der Waals surface area contributed by atoms with E-state index in [1.807, 2.05) is 24.4 Å². The Morgan fingerprint density at radius 2 is 2.32 bits per heavy atom. The van der Waals surface area contributed by atoms with E-state index in [4.69, 9.17) is 5.11 Å². The maximum Gasteiger partial charge on any atom is 0.0710 e. The van der Waals surface area contributed by atoms with E-state index in [0.29, 0.717) is 13.1 Å². The SMILES string of the molecule is C=CCN(CCO)Cc1cn[nH]c1-c1cccnc1. The van der Waals surface area contributed by atoms with Gasteiger partial charge in [0, 0.05) is 43.2 Å². The standard InChI is InChI=1S/C14H18N4O/c1-2-6-18(7-8-19)11-13-10-16-17-14(13)12-4-3-5-15-9-12/h2-5,9-10,19H,1,6-8,11H2,(H,16,17). The van der Waals surface area contributed by atoms with Gasteiger partial charge >= 0.3 is 0 Å². The summed E-state index contributed by atoms with van der Waals surface area (Å²) in [7, 11) is 0. The van der Waals surface area contributed by atoms with Crippen LogP contribution < -0.4 is 0 Å². The van der Waals surface area contributed by atoms with E-state index >= 15 is 0 Å². The van der Waals surface area contributed by atoms with Gasteiger partial charge in [0.1, 0.15) is 0 Å². The maximum absolute atomic E-state index is 9.07. The van der Waals surface area contributed by atoms with Gasteiger partial charge in [-0.05, 0) is 12.1 Å². The Bertz CT molecular complexity index is 509. The van der Waals surface area contributed by atoms with Crippen LogP contribution in [0.5, 0.6) is 0 Å². The summed E-state index contributed by atoms with van der Waals surface area (Å²) in [6.07, 6.45) is 7.20. The first-order valence-electron chi connectivity index (χ1n) is 6.22. The molecule has 0 saturated carbocycles. The fourth-order valence-electron chi connectivity index (χ4n) is 1.99. The second-order valence-corrected chi connectivity index (χ2v) is 4.26. The second-order valence-electron chi connectivity index (χ2n) is 4.26. The molecule has 0 fully saturated rings. The number of aromatic nitrogens is 3. The van der Waals surface area contributed by atoms with Crippen LogP contribution in [0.2, 0.25) is 0 Å². The molecule has 0 spiro atoms. The van der Waals surface area contributed by atoms with Crippen molar-refractivity contribution in [1.29, 1.82) is 0 Å². The van der Waals surface area contributed by atoms with Crippen molar-refractivity contribution in [3.63, 3.8) is 0 Å². The molecule has 0 aliphatic carbocycles. The molecule has 0 aliphatic heterocycles. The quantitative estimate of drug-likeness (QED) is 0.738. The van der Waals surface area contributed by atoms with E-state index < -0.39 is 0 Å². The Morgan fingerprint density at radius 1 is 1.42 bits per heavy atom. The zero-order valence-corrected chi connectivity index (χ0v) is 10.8. The predicted molar refractivity (Wildman–Crippen MR) is 74.4 cm³/mol. The van der Waals surface area contributed by atoms with Gasteiger partial charge in [0.2, 0.25) is 0 Å². The van der Waals surface area contributed by atoms with E-state index in [1.54, 1.807) is 12.4 Å². The molecule has 0 aromatic carbocycles. The number of rotatable bonds is 7. The summed E-state index contributed by atoms with van der Waals surface area (Å²) in [5, 5.41) is 16.2. The Balaban J connectivity index is 2.17. The molecule has 2 aromatic rings. The van der Waals surface area contributed by atoms with E-state index in [2.05, 4.69) is 26.7 Å². The highest BCUT2D eigenvalue weighted by atomic mass is 16.3. The summed E-state index contributed by atoms with van der Waals surface area (Å²) in [6.45, 7) is 5.93. The zero-order chi connectivity index (χ0) is 13.5. The first kappa shape index (κ1) is 13.5. The normalized spacial score (nSPS) is 10.8. The minimum Gasteiger partial charge on any atom is -0.395 e. The number of pyridine rings is 1. The summed E-state index contributed by atoms with van der Waals surface area (Å²) in [4.78, 5) is 6.22. The Labute approximate surface area is 112 Å². The Morgan fingerprint density at radius 3 is 3.00 bits per heavy atom. The van der Waals surface area contributed by atoms with Crippen molar-refractivity contribution in [3.8, 4) is 11.3 Å². The van der Waals surface area contributed by atoms with Gasteiger partial charge in [-0.2, -0.15) is 5.10 Å². The number of H-pyrrole nitrogens is 1. The molecule has 5 nitrogen and oxygen atoms in total. The van der Waals surface area contributed by atoms with E-state index in [0.717, 1.165) is 23.4 Å². The first-order chi connectivity index (χ1) is 9.35. The van der Waals surface area contributed by atoms with Crippen LogP contribution in [-0.2, 0) is 6.54 Å². The smallest absolute Gasteiger partial charge is 0.0710 e. The van der Waals surface area contributed by atoms with Crippen LogP contribution in [-0.4, -0.2) is 44.9 Å². The Kier molecular flexibility index (Phi) is 4.83. The van der Waals surface area contributed by atoms with Gasteiger partial charge in [-0.15, -0.1) is 6.58 Å². The third-order valence-electron chi connectivity index (χ3n) is 2.87. The van der Waals surface area contributed by atoms with Crippen molar-refractivity contribution in [1.82, 2.24) is 20.1 Å². The molecule has 0 amide bonds. The van der Waals surface area contributed by atoms with Gasteiger partial charge in [0.15, 0.2) is 0 Å². The third-order valence-corrected chi connectivity index (χ3v) is 2.87. The fourth-order valence-corrected chi connectivity index (χ4v) is 1.99. The summed E-state index contributed by atoms with van der Waals surface area (Å²) >= 11 is 0. The molecule has 0 saturated heterocycles. The van der Waals surface area contributed by atoms with Crippen molar-refractivity contribution < 1.29 is 5.11 Å². The van der Waals surface area contributed by atoms with Crippen molar-refractivity contribution in [2.75, 3.05) is 19.7 Å². The molecule has 0 aliphatic rings. The number of aromatic amines is 1. The molecular weight excluding hydrogens is 240 g/mol. The highest BCUT2D eigenvalue weighted by Gasteiger charge is 2.11. The molecule has 100 valence electrons. The first-order valence-corrected chi connectivity index (χ1v) is 6.22. The lowest BCUT2D eigenvalue weighted by Crippen LogP contribution is -2.26. The van der Waals surface area contributed by atoms with E-state index in [9.17, 15) is 0 Å². The fraction of sp³-hybridized carbons (Fsp3) is 0.286. The topological polar surface area (TPSA) is 65.0 Å². The van der Waals surface area contributed by atoms with Crippen molar-refractivity contribution in [3.05, 3.63) is 48.9 Å². The molecule has 5 heteroatoms. The van der Waals surface area contributed by atoms with Crippen LogP contribution in [0.25, 0.3) is 11.3 Å². The molecule has 2 rings (SSSR count). The van der Waals surface area contributed by atoms with Gasteiger partial charge in [-0.25, -0.2) is 0 Å². The van der Waals surface area contributed by atoms with Gasteiger partial charge in [0.05, 0.1) is 18.5 Å². The number of aliphatic hydroxyl groups is 1. The Hall–Kier alpha value is -1.98. The van der Waals surface area contributed by atoms with Crippen LogP contribution in [0.3, 0.4) is 0 Å². The average molecular weight is 258 g/mol. The molecule has 0 radical (unpaired) electrons. The van der Waals surface area contributed by atoms with E-state index in [-0.39, 0.29) is 6.61 Å². The average Bonchev–Trinajstić information content (AvgIpc) is 2.88. The lowest BCUT2D eigenvalue weighted by molar-refractivity contribution is 0.203.